The molecule has 128 valence electrons. The van der Waals surface area contributed by atoms with E-state index in [0.717, 1.165) is 25.9 Å². The number of aliphatic hydroxyl groups is 1. The van der Waals surface area contributed by atoms with Gasteiger partial charge in [0.05, 0.1) is 6.10 Å². The predicted octanol–water partition coefficient (Wildman–Crippen LogP) is 3.23. The fraction of sp³-hybridized carbons (Fsp3) is 0.700. The van der Waals surface area contributed by atoms with Crippen LogP contribution in [0.2, 0.25) is 0 Å². The average molecular weight is 316 g/mol. The minimum Gasteiger partial charge on any atom is -0.393 e. The molecule has 0 saturated carbocycles. The van der Waals surface area contributed by atoms with Crippen LogP contribution in [0.25, 0.3) is 0 Å². The summed E-state index contributed by atoms with van der Waals surface area (Å²) in [6.45, 7) is 7.82. The van der Waals surface area contributed by atoms with Crippen molar-refractivity contribution in [2.75, 3.05) is 32.7 Å². The van der Waals surface area contributed by atoms with Crippen LogP contribution < -0.4 is 0 Å². The zero-order valence-electron chi connectivity index (χ0n) is 14.6. The average Bonchev–Trinajstić information content (AvgIpc) is 2.84. The lowest BCUT2D eigenvalue weighted by molar-refractivity contribution is 0.135. The van der Waals surface area contributed by atoms with E-state index in [1.54, 1.807) is 11.1 Å². The number of aryl methyl sites for hydroxylation is 1. The molecule has 1 aromatic carbocycles. The highest BCUT2D eigenvalue weighted by Crippen LogP contribution is 2.34. The maximum absolute atomic E-state index is 9.79. The van der Waals surface area contributed by atoms with E-state index in [4.69, 9.17) is 0 Å². The summed E-state index contributed by atoms with van der Waals surface area (Å²) in [5.41, 5.74) is 3.14. The van der Waals surface area contributed by atoms with Crippen molar-refractivity contribution < 1.29 is 5.11 Å². The van der Waals surface area contributed by atoms with Crippen molar-refractivity contribution in [1.29, 1.82) is 0 Å². The van der Waals surface area contributed by atoms with E-state index >= 15 is 0 Å². The molecule has 0 spiro atoms. The van der Waals surface area contributed by atoms with E-state index in [-0.39, 0.29) is 6.10 Å². The summed E-state index contributed by atoms with van der Waals surface area (Å²) in [7, 11) is 0. The van der Waals surface area contributed by atoms with Gasteiger partial charge in [-0.2, -0.15) is 0 Å². The molecule has 2 unspecified atom stereocenters. The maximum atomic E-state index is 9.79. The van der Waals surface area contributed by atoms with Crippen LogP contribution >= 0.6 is 0 Å². The molecule has 23 heavy (non-hydrogen) atoms. The SMILES string of the molecule is CCC(O)CCN1CCCN(C2CCCc3ccccc32)CC1. The first-order chi connectivity index (χ1) is 11.3. The van der Waals surface area contributed by atoms with Crippen molar-refractivity contribution in [3.63, 3.8) is 0 Å². The van der Waals surface area contributed by atoms with E-state index in [2.05, 4.69) is 41.0 Å². The molecule has 0 radical (unpaired) electrons. The molecule has 1 saturated heterocycles. The fourth-order valence-electron chi connectivity index (χ4n) is 4.17. The summed E-state index contributed by atoms with van der Waals surface area (Å²) in [4.78, 5) is 5.27. The van der Waals surface area contributed by atoms with Gasteiger partial charge in [0.15, 0.2) is 0 Å². The summed E-state index contributed by atoms with van der Waals surface area (Å²) in [6, 6.07) is 9.68. The topological polar surface area (TPSA) is 26.7 Å². The van der Waals surface area contributed by atoms with E-state index in [0.29, 0.717) is 6.04 Å². The van der Waals surface area contributed by atoms with Crippen molar-refractivity contribution in [2.45, 2.75) is 57.6 Å². The lowest BCUT2D eigenvalue weighted by Gasteiger charge is -2.35. The zero-order valence-corrected chi connectivity index (χ0v) is 14.6. The molecule has 1 heterocycles. The van der Waals surface area contributed by atoms with Crippen LogP contribution in [0, 0.1) is 0 Å². The molecule has 0 bridgehead atoms. The smallest absolute Gasteiger partial charge is 0.0549 e. The van der Waals surface area contributed by atoms with E-state index in [1.807, 2.05) is 0 Å². The standard InChI is InChI=1S/C20H32N2O/c1-2-18(23)11-14-21-12-6-13-22(16-15-21)20-10-5-8-17-7-3-4-9-19(17)20/h3-4,7,9,18,20,23H,2,5-6,8,10-16H2,1H3. The first-order valence-corrected chi connectivity index (χ1v) is 9.50. The molecule has 0 amide bonds. The minimum absolute atomic E-state index is 0.125. The second-order valence-electron chi connectivity index (χ2n) is 7.19. The second kappa shape index (κ2) is 8.27. The van der Waals surface area contributed by atoms with Crippen molar-refractivity contribution >= 4 is 0 Å². The summed E-state index contributed by atoms with van der Waals surface area (Å²) in [5.74, 6) is 0. The van der Waals surface area contributed by atoms with Gasteiger partial charge >= 0.3 is 0 Å². The zero-order chi connectivity index (χ0) is 16.1. The van der Waals surface area contributed by atoms with Crippen LogP contribution in [0.3, 0.4) is 0 Å². The Hall–Kier alpha value is -0.900. The Kier molecular flexibility index (Phi) is 6.09. The molecular weight excluding hydrogens is 284 g/mol. The third-order valence-electron chi connectivity index (χ3n) is 5.65. The maximum Gasteiger partial charge on any atom is 0.0549 e. The normalized spacial score (nSPS) is 24.9. The van der Waals surface area contributed by atoms with Crippen LogP contribution in [-0.2, 0) is 6.42 Å². The Bertz CT molecular complexity index is 490. The van der Waals surface area contributed by atoms with Crippen molar-refractivity contribution in [3.05, 3.63) is 35.4 Å². The fourth-order valence-corrected chi connectivity index (χ4v) is 4.17. The number of hydrogen-bond acceptors (Lipinski definition) is 3. The first kappa shape index (κ1) is 16.9. The summed E-state index contributed by atoms with van der Waals surface area (Å²) in [5, 5.41) is 9.79. The molecule has 2 atom stereocenters. The third-order valence-corrected chi connectivity index (χ3v) is 5.65. The number of fused-ring (bicyclic) bond motifs is 1. The molecule has 3 heteroatoms. The van der Waals surface area contributed by atoms with Crippen LogP contribution in [0.4, 0.5) is 0 Å². The number of hydrogen-bond donors (Lipinski definition) is 1. The number of benzene rings is 1. The highest BCUT2D eigenvalue weighted by atomic mass is 16.3. The Balaban J connectivity index is 1.58. The largest absolute Gasteiger partial charge is 0.393 e. The quantitative estimate of drug-likeness (QED) is 0.903. The lowest BCUT2D eigenvalue weighted by Crippen LogP contribution is -2.35. The molecule has 3 rings (SSSR count). The lowest BCUT2D eigenvalue weighted by atomic mass is 9.87. The molecular formula is C20H32N2O. The summed E-state index contributed by atoms with van der Waals surface area (Å²) in [6.07, 6.45) is 6.81. The Labute approximate surface area is 141 Å². The van der Waals surface area contributed by atoms with Crippen LogP contribution in [-0.4, -0.2) is 53.7 Å². The molecule has 1 fully saturated rings. The molecule has 1 N–H and O–H groups in total. The van der Waals surface area contributed by atoms with Gasteiger partial charge in [-0.15, -0.1) is 0 Å². The van der Waals surface area contributed by atoms with E-state index in [9.17, 15) is 5.11 Å². The molecule has 0 aromatic heterocycles. The highest BCUT2D eigenvalue weighted by molar-refractivity contribution is 5.32. The van der Waals surface area contributed by atoms with Crippen LogP contribution in [0.15, 0.2) is 24.3 Å². The van der Waals surface area contributed by atoms with E-state index in [1.165, 1.54) is 45.3 Å². The number of rotatable bonds is 5. The van der Waals surface area contributed by atoms with Crippen LogP contribution in [0.5, 0.6) is 0 Å². The highest BCUT2D eigenvalue weighted by Gasteiger charge is 2.27. The van der Waals surface area contributed by atoms with Gasteiger partial charge in [-0.05, 0) is 56.2 Å². The van der Waals surface area contributed by atoms with Crippen LogP contribution in [0.1, 0.15) is 56.2 Å². The van der Waals surface area contributed by atoms with Gasteiger partial charge in [0.2, 0.25) is 0 Å². The number of nitrogens with zero attached hydrogens (tertiary/aromatic N) is 2. The molecule has 3 nitrogen and oxygen atoms in total. The molecule has 1 aliphatic heterocycles. The molecule has 1 aliphatic carbocycles. The van der Waals surface area contributed by atoms with E-state index < -0.39 is 0 Å². The van der Waals surface area contributed by atoms with Gasteiger partial charge in [-0.25, -0.2) is 0 Å². The molecule has 1 aromatic rings. The van der Waals surface area contributed by atoms with Gasteiger partial charge < -0.3 is 10.0 Å². The second-order valence-corrected chi connectivity index (χ2v) is 7.19. The molecule has 2 aliphatic rings. The van der Waals surface area contributed by atoms with Gasteiger partial charge in [-0.1, -0.05) is 31.2 Å². The summed E-state index contributed by atoms with van der Waals surface area (Å²) < 4.78 is 0. The number of aliphatic hydroxyl groups excluding tert-OH is 1. The van der Waals surface area contributed by atoms with Gasteiger partial charge in [0.25, 0.3) is 0 Å². The van der Waals surface area contributed by atoms with Gasteiger partial charge in [0.1, 0.15) is 0 Å². The first-order valence-electron chi connectivity index (χ1n) is 9.50. The Morgan fingerprint density at radius 2 is 2.00 bits per heavy atom. The third kappa shape index (κ3) is 4.34. The minimum atomic E-state index is -0.125. The van der Waals surface area contributed by atoms with Gasteiger partial charge in [-0.3, -0.25) is 4.90 Å². The monoisotopic (exact) mass is 316 g/mol. The van der Waals surface area contributed by atoms with Gasteiger partial charge in [0, 0.05) is 32.2 Å². The van der Waals surface area contributed by atoms with Crippen molar-refractivity contribution in [1.82, 2.24) is 9.80 Å². The predicted molar refractivity (Wildman–Crippen MR) is 95.7 cm³/mol. The Morgan fingerprint density at radius 1 is 1.13 bits per heavy atom. The Morgan fingerprint density at radius 3 is 2.87 bits per heavy atom. The van der Waals surface area contributed by atoms with Crippen molar-refractivity contribution in [2.24, 2.45) is 0 Å². The van der Waals surface area contributed by atoms with Crippen molar-refractivity contribution in [3.8, 4) is 0 Å². The summed E-state index contributed by atoms with van der Waals surface area (Å²) >= 11 is 0.